The van der Waals surface area contributed by atoms with Crippen molar-refractivity contribution < 1.29 is 19.4 Å². The number of aliphatic hydroxyl groups excluding tert-OH is 1. The predicted octanol–water partition coefficient (Wildman–Crippen LogP) is 0.0928. The van der Waals surface area contributed by atoms with Crippen molar-refractivity contribution in [1.29, 1.82) is 0 Å². The summed E-state index contributed by atoms with van der Waals surface area (Å²) in [6.45, 7) is -0.585. The third kappa shape index (κ3) is 1.62. The number of aliphatic hydroxyl groups is 1. The Labute approximate surface area is 87.9 Å². The predicted molar refractivity (Wildman–Crippen MR) is 49.1 cm³/mol. The van der Waals surface area contributed by atoms with E-state index in [0.29, 0.717) is 5.56 Å². The molecular weight excluding hydrogens is 220 g/mol. The number of carbonyl (C=O) groups is 1. The number of hydrogen-bond acceptors (Lipinski definition) is 6. The van der Waals surface area contributed by atoms with Crippen LogP contribution >= 0.6 is 11.3 Å². The molecule has 2 aromatic rings. The van der Waals surface area contributed by atoms with Crippen LogP contribution in [-0.2, 0) is 6.61 Å². The Morgan fingerprint density at radius 1 is 1.73 bits per heavy atom. The first-order valence-electron chi connectivity index (χ1n) is 4.00. The summed E-state index contributed by atoms with van der Waals surface area (Å²) in [6, 6.07) is 1.61. The van der Waals surface area contributed by atoms with Gasteiger partial charge in [-0.05, 0) is 16.3 Å². The minimum absolute atomic E-state index is 0.0274. The average Bonchev–Trinajstić information content (AvgIpc) is 2.85. The highest BCUT2D eigenvalue weighted by atomic mass is 32.1. The third-order valence-corrected chi connectivity index (χ3v) is 2.53. The first-order valence-corrected chi connectivity index (χ1v) is 4.94. The molecule has 0 aliphatic carbocycles. The monoisotopic (exact) mass is 226 g/mol. The normalized spacial score (nSPS) is 10.5. The van der Waals surface area contributed by atoms with Crippen LogP contribution in [0.2, 0.25) is 0 Å². The van der Waals surface area contributed by atoms with Crippen LogP contribution in [0.15, 0.2) is 21.5 Å². The number of nitrogens with zero attached hydrogens (tertiary/aromatic N) is 2. The van der Waals surface area contributed by atoms with E-state index in [9.17, 15) is 10.0 Å². The van der Waals surface area contributed by atoms with E-state index >= 15 is 0 Å². The summed E-state index contributed by atoms with van der Waals surface area (Å²) in [4.78, 5) is 11.7. The fourth-order valence-corrected chi connectivity index (χ4v) is 1.74. The summed E-state index contributed by atoms with van der Waals surface area (Å²) in [6.07, 6.45) is 0. The molecule has 0 bridgehead atoms. The highest BCUT2D eigenvalue weighted by Crippen LogP contribution is 2.13. The van der Waals surface area contributed by atoms with Gasteiger partial charge < -0.3 is 10.3 Å². The van der Waals surface area contributed by atoms with Gasteiger partial charge in [0.1, 0.15) is 6.61 Å². The van der Waals surface area contributed by atoms with Gasteiger partial charge in [-0.3, -0.25) is 9.42 Å². The van der Waals surface area contributed by atoms with E-state index in [-0.39, 0.29) is 16.3 Å². The van der Waals surface area contributed by atoms with E-state index in [2.05, 4.69) is 9.79 Å². The zero-order chi connectivity index (χ0) is 10.8. The maximum Gasteiger partial charge on any atom is 0.294 e. The van der Waals surface area contributed by atoms with Gasteiger partial charge in [-0.2, -0.15) is 11.3 Å². The van der Waals surface area contributed by atoms with Crippen LogP contribution in [0.3, 0.4) is 0 Å². The summed E-state index contributed by atoms with van der Waals surface area (Å²) in [5, 5.41) is 26.5. The standard InChI is InChI=1S/C8H6N2O4S/c11-3-6-7(9-14-10(6)13)8(12)5-1-2-15-4-5/h1-2,4,11H,3H2. The second-order valence-electron chi connectivity index (χ2n) is 2.72. The molecule has 0 spiro atoms. The minimum Gasteiger partial charge on any atom is -0.388 e. The first kappa shape index (κ1) is 9.81. The van der Waals surface area contributed by atoms with Crippen molar-refractivity contribution in [2.24, 2.45) is 0 Å². The summed E-state index contributed by atoms with van der Waals surface area (Å²) in [5.41, 5.74) is 0.0979. The van der Waals surface area contributed by atoms with E-state index < -0.39 is 12.4 Å². The lowest BCUT2D eigenvalue weighted by Gasteiger charge is -1.91. The van der Waals surface area contributed by atoms with Crippen molar-refractivity contribution in [3.63, 3.8) is 0 Å². The van der Waals surface area contributed by atoms with Gasteiger partial charge in [0.15, 0.2) is 0 Å². The molecule has 7 heteroatoms. The Kier molecular flexibility index (Phi) is 2.48. The molecule has 0 aliphatic heterocycles. The number of rotatable bonds is 3. The smallest absolute Gasteiger partial charge is 0.294 e. The molecule has 2 heterocycles. The molecule has 15 heavy (non-hydrogen) atoms. The lowest BCUT2D eigenvalue weighted by Crippen LogP contribution is -2.29. The van der Waals surface area contributed by atoms with Crippen LogP contribution in [0.1, 0.15) is 21.7 Å². The third-order valence-electron chi connectivity index (χ3n) is 1.85. The lowest BCUT2D eigenvalue weighted by molar-refractivity contribution is -0.809. The SMILES string of the molecule is O=C(c1ccsc1)c1no[n+]([O-])c1CO. The molecule has 0 saturated heterocycles. The number of ketones is 1. The number of aromatic nitrogens is 2. The number of hydrogen-bond donors (Lipinski definition) is 1. The van der Waals surface area contributed by atoms with Crippen LogP contribution in [0.5, 0.6) is 0 Å². The fraction of sp³-hybridized carbons (Fsp3) is 0.125. The zero-order valence-electron chi connectivity index (χ0n) is 7.41. The van der Waals surface area contributed by atoms with Crippen molar-refractivity contribution in [1.82, 2.24) is 5.16 Å². The molecule has 1 N–H and O–H groups in total. The highest BCUT2D eigenvalue weighted by Gasteiger charge is 2.26. The Hall–Kier alpha value is -1.73. The summed E-state index contributed by atoms with van der Waals surface area (Å²) < 4.78 is 4.24. The molecule has 2 rings (SSSR count). The second-order valence-corrected chi connectivity index (χ2v) is 3.50. The van der Waals surface area contributed by atoms with E-state index in [1.54, 1.807) is 16.8 Å². The van der Waals surface area contributed by atoms with Gasteiger partial charge in [-0.15, -0.1) is 0 Å². The molecule has 78 valence electrons. The van der Waals surface area contributed by atoms with Crippen molar-refractivity contribution in [3.8, 4) is 0 Å². The maximum absolute atomic E-state index is 11.7. The zero-order valence-corrected chi connectivity index (χ0v) is 8.23. The van der Waals surface area contributed by atoms with Gasteiger partial charge in [0.2, 0.25) is 11.5 Å². The summed E-state index contributed by atoms with van der Waals surface area (Å²) in [7, 11) is 0. The van der Waals surface area contributed by atoms with Crippen LogP contribution in [0.25, 0.3) is 0 Å². The van der Waals surface area contributed by atoms with Crippen molar-refractivity contribution in [3.05, 3.63) is 39.0 Å². The molecule has 0 saturated carbocycles. The Balaban J connectivity index is 2.42. The molecule has 0 radical (unpaired) electrons. The summed E-state index contributed by atoms with van der Waals surface area (Å²) in [5.74, 6) is -0.432. The molecule has 0 aliphatic rings. The second kappa shape index (κ2) is 3.79. The van der Waals surface area contributed by atoms with Gasteiger partial charge in [0.25, 0.3) is 5.69 Å². The lowest BCUT2D eigenvalue weighted by atomic mass is 10.1. The first-order chi connectivity index (χ1) is 7.24. The highest BCUT2D eigenvalue weighted by molar-refractivity contribution is 7.08. The van der Waals surface area contributed by atoms with Crippen LogP contribution in [0.4, 0.5) is 0 Å². The van der Waals surface area contributed by atoms with Crippen LogP contribution in [-0.4, -0.2) is 16.0 Å². The topological polar surface area (TPSA) is 90.3 Å². The Morgan fingerprint density at radius 2 is 2.53 bits per heavy atom. The van der Waals surface area contributed by atoms with Gasteiger partial charge in [-0.1, -0.05) is 0 Å². The van der Waals surface area contributed by atoms with Gasteiger partial charge in [0, 0.05) is 10.9 Å². The van der Waals surface area contributed by atoms with Crippen molar-refractivity contribution in [2.45, 2.75) is 6.61 Å². The quantitative estimate of drug-likeness (QED) is 0.591. The Bertz CT molecular complexity index is 477. The van der Waals surface area contributed by atoms with Gasteiger partial charge >= 0.3 is 0 Å². The van der Waals surface area contributed by atoms with E-state index in [4.69, 9.17) is 5.11 Å². The van der Waals surface area contributed by atoms with E-state index in [1.165, 1.54) is 11.3 Å². The summed E-state index contributed by atoms with van der Waals surface area (Å²) >= 11 is 1.36. The van der Waals surface area contributed by atoms with Crippen molar-refractivity contribution >= 4 is 17.1 Å². The average molecular weight is 226 g/mol. The fourth-order valence-electron chi connectivity index (χ4n) is 1.10. The maximum atomic E-state index is 11.7. The van der Waals surface area contributed by atoms with E-state index in [0.717, 1.165) is 0 Å². The van der Waals surface area contributed by atoms with E-state index in [1.807, 2.05) is 0 Å². The minimum atomic E-state index is -0.585. The number of thiophene rings is 1. The van der Waals surface area contributed by atoms with Gasteiger partial charge in [0.05, 0.1) is 5.16 Å². The molecule has 0 aromatic carbocycles. The molecule has 0 fully saturated rings. The van der Waals surface area contributed by atoms with Crippen LogP contribution in [0, 0.1) is 5.21 Å². The van der Waals surface area contributed by atoms with Crippen LogP contribution < -0.4 is 4.90 Å². The molecular formula is C8H6N2O4S. The molecule has 2 aromatic heterocycles. The molecule has 0 amide bonds. The molecule has 0 atom stereocenters. The van der Waals surface area contributed by atoms with Gasteiger partial charge in [-0.25, -0.2) is 0 Å². The molecule has 6 nitrogen and oxygen atoms in total. The number of carbonyl (C=O) groups excluding carboxylic acids is 1. The van der Waals surface area contributed by atoms with Crippen molar-refractivity contribution in [2.75, 3.05) is 0 Å². The largest absolute Gasteiger partial charge is 0.388 e. The Morgan fingerprint density at radius 3 is 3.13 bits per heavy atom. The molecule has 0 unspecified atom stereocenters.